The van der Waals surface area contributed by atoms with E-state index >= 15 is 0 Å². The molecule has 41 heavy (non-hydrogen) atoms. The number of rotatable bonds is 15. The number of aromatic hydroxyl groups is 1. The van der Waals surface area contributed by atoms with Gasteiger partial charge in [-0.15, -0.1) is 0 Å². The lowest BCUT2D eigenvalue weighted by Crippen LogP contribution is -2.44. The highest BCUT2D eigenvalue weighted by Gasteiger charge is 2.25. The van der Waals surface area contributed by atoms with Crippen molar-refractivity contribution in [1.29, 1.82) is 0 Å². The molecular weight excluding hydrogens is 540 g/mol. The minimum Gasteiger partial charge on any atom is -0.493 e. The molecule has 0 saturated carbocycles. The SMILES string of the molecule is Nc1nc(O)c2c(CCCc3ccc(C(=O)N[C@@H](CCC(=O)N[C@@H](CCC(=O)O)C(=O)O)C(=O)O)cc3)c[nH]c2n1. The summed E-state index contributed by atoms with van der Waals surface area (Å²) in [5.74, 6) is -5.69. The summed E-state index contributed by atoms with van der Waals surface area (Å²) in [5, 5.41) is 42.4. The Kier molecular flexibility index (Phi) is 10.2. The molecule has 2 heterocycles. The van der Waals surface area contributed by atoms with E-state index in [4.69, 9.17) is 15.9 Å². The number of nitrogens with one attached hydrogen (secondary N) is 3. The van der Waals surface area contributed by atoms with Gasteiger partial charge in [0.1, 0.15) is 17.7 Å². The molecule has 0 spiro atoms. The number of aryl methyl sites for hydroxylation is 2. The minimum atomic E-state index is -1.43. The van der Waals surface area contributed by atoms with Crippen molar-refractivity contribution in [3.05, 3.63) is 47.2 Å². The Labute approximate surface area is 232 Å². The van der Waals surface area contributed by atoms with Gasteiger partial charge in [-0.2, -0.15) is 9.97 Å². The largest absolute Gasteiger partial charge is 0.493 e. The fraction of sp³-hybridized carbons (Fsp3) is 0.346. The molecule has 0 aliphatic rings. The zero-order chi connectivity index (χ0) is 30.1. The molecule has 0 bridgehead atoms. The van der Waals surface area contributed by atoms with Gasteiger partial charge in [0.05, 0.1) is 5.39 Å². The van der Waals surface area contributed by atoms with Gasteiger partial charge in [0.15, 0.2) is 0 Å². The fourth-order valence-corrected chi connectivity index (χ4v) is 4.16. The average molecular weight is 571 g/mol. The molecule has 1 aromatic carbocycles. The number of hydrogen-bond donors (Lipinski definition) is 8. The fourth-order valence-electron chi connectivity index (χ4n) is 4.16. The minimum absolute atomic E-state index is 0.0356. The molecule has 3 rings (SSSR count). The van der Waals surface area contributed by atoms with E-state index in [-0.39, 0.29) is 30.2 Å². The number of carboxylic acids is 3. The van der Waals surface area contributed by atoms with Crippen molar-refractivity contribution in [3.8, 4) is 5.88 Å². The van der Waals surface area contributed by atoms with Crippen molar-refractivity contribution in [1.82, 2.24) is 25.6 Å². The van der Waals surface area contributed by atoms with E-state index in [1.807, 2.05) is 0 Å². The first kappa shape index (κ1) is 30.3. The Hall–Kier alpha value is -5.21. The lowest BCUT2D eigenvalue weighted by molar-refractivity contribution is -0.143. The average Bonchev–Trinajstić information content (AvgIpc) is 3.31. The number of hydrogen-bond acceptors (Lipinski definition) is 9. The molecule has 0 saturated heterocycles. The normalized spacial score (nSPS) is 12.4. The second-order valence-corrected chi connectivity index (χ2v) is 9.29. The number of amides is 2. The molecule has 2 atom stereocenters. The Bertz CT molecular complexity index is 1440. The molecule has 0 aliphatic carbocycles. The number of nitrogens with two attached hydrogens (primary N) is 1. The van der Waals surface area contributed by atoms with E-state index in [1.165, 1.54) is 0 Å². The van der Waals surface area contributed by atoms with Gasteiger partial charge >= 0.3 is 17.9 Å². The Balaban J connectivity index is 1.50. The van der Waals surface area contributed by atoms with Gasteiger partial charge in [-0.05, 0) is 55.4 Å². The lowest BCUT2D eigenvalue weighted by atomic mass is 10.0. The van der Waals surface area contributed by atoms with Crippen LogP contribution in [0.5, 0.6) is 5.88 Å². The van der Waals surface area contributed by atoms with Crippen LogP contribution in [0.2, 0.25) is 0 Å². The second-order valence-electron chi connectivity index (χ2n) is 9.29. The second kappa shape index (κ2) is 13.7. The highest BCUT2D eigenvalue weighted by Crippen LogP contribution is 2.26. The molecular formula is C26H30N6O9. The van der Waals surface area contributed by atoms with E-state index in [0.29, 0.717) is 30.3 Å². The molecule has 0 radical (unpaired) electrons. The number of aliphatic carboxylic acids is 3. The quantitative estimate of drug-likeness (QED) is 0.126. The first-order valence-electron chi connectivity index (χ1n) is 12.6. The third-order valence-corrected chi connectivity index (χ3v) is 6.28. The molecule has 2 amide bonds. The van der Waals surface area contributed by atoms with Crippen LogP contribution in [0.25, 0.3) is 11.0 Å². The van der Waals surface area contributed by atoms with Gasteiger partial charge < -0.3 is 41.8 Å². The Morgan fingerprint density at radius 1 is 0.878 bits per heavy atom. The monoisotopic (exact) mass is 570 g/mol. The molecule has 9 N–H and O–H groups in total. The summed E-state index contributed by atoms with van der Waals surface area (Å²) in [7, 11) is 0. The molecule has 15 heteroatoms. The molecule has 0 fully saturated rings. The topological polar surface area (TPSA) is 258 Å². The number of aromatic amines is 1. The maximum absolute atomic E-state index is 12.6. The number of nitrogen functional groups attached to an aromatic ring is 1. The van der Waals surface area contributed by atoms with E-state index in [0.717, 1.165) is 11.1 Å². The molecule has 2 aromatic heterocycles. The highest BCUT2D eigenvalue weighted by molar-refractivity contribution is 5.96. The maximum Gasteiger partial charge on any atom is 0.326 e. The predicted molar refractivity (Wildman–Crippen MR) is 143 cm³/mol. The van der Waals surface area contributed by atoms with Crippen LogP contribution in [0.1, 0.15) is 53.6 Å². The lowest BCUT2D eigenvalue weighted by Gasteiger charge is -2.16. The summed E-state index contributed by atoms with van der Waals surface area (Å²) < 4.78 is 0. The van der Waals surface area contributed by atoms with E-state index in [2.05, 4.69) is 25.6 Å². The Morgan fingerprint density at radius 3 is 2.15 bits per heavy atom. The van der Waals surface area contributed by atoms with Gasteiger partial charge in [0.25, 0.3) is 5.91 Å². The number of carbonyl (C=O) groups excluding carboxylic acids is 2. The van der Waals surface area contributed by atoms with Crippen LogP contribution >= 0.6 is 0 Å². The van der Waals surface area contributed by atoms with Crippen LogP contribution in [-0.2, 0) is 32.0 Å². The maximum atomic E-state index is 12.6. The van der Waals surface area contributed by atoms with Gasteiger partial charge in [0, 0.05) is 24.6 Å². The van der Waals surface area contributed by atoms with Gasteiger partial charge in [0.2, 0.25) is 17.7 Å². The van der Waals surface area contributed by atoms with Crippen molar-refractivity contribution < 1.29 is 44.4 Å². The highest BCUT2D eigenvalue weighted by atomic mass is 16.4. The zero-order valence-electron chi connectivity index (χ0n) is 21.8. The number of fused-ring (bicyclic) bond motifs is 1. The summed E-state index contributed by atoms with van der Waals surface area (Å²) in [6.07, 6.45) is 2.21. The third kappa shape index (κ3) is 8.64. The van der Waals surface area contributed by atoms with Crippen LogP contribution in [-0.4, -0.2) is 77.2 Å². The number of carbonyl (C=O) groups is 5. The molecule has 0 unspecified atom stereocenters. The first-order chi connectivity index (χ1) is 19.4. The Morgan fingerprint density at radius 2 is 1.51 bits per heavy atom. The summed E-state index contributed by atoms with van der Waals surface area (Å²) in [6.45, 7) is 0. The number of benzene rings is 1. The van der Waals surface area contributed by atoms with Gasteiger partial charge in [-0.3, -0.25) is 14.4 Å². The first-order valence-corrected chi connectivity index (χ1v) is 12.6. The number of aromatic nitrogens is 3. The van der Waals surface area contributed by atoms with Crippen molar-refractivity contribution in [2.24, 2.45) is 0 Å². The van der Waals surface area contributed by atoms with Crippen LogP contribution in [0, 0.1) is 0 Å². The van der Waals surface area contributed by atoms with Crippen molar-refractivity contribution in [2.45, 2.75) is 57.0 Å². The molecule has 15 nitrogen and oxygen atoms in total. The van der Waals surface area contributed by atoms with Crippen LogP contribution in [0.15, 0.2) is 30.5 Å². The molecule has 0 aliphatic heterocycles. The number of nitrogens with zero attached hydrogens (tertiary/aromatic N) is 2. The standard InChI is InChI=1S/C26H30N6O9/c27-26-31-21-20(23(37)32-26)15(12-28-21)3-1-2-13-4-6-14(7-5-13)22(36)30-17(25(40)41)8-10-18(33)29-16(24(38)39)9-11-19(34)35/h4-7,12,16-17H,1-3,8-11H2,(H,29,33)(H,30,36)(H,34,35)(H,38,39)(H,40,41)(H4,27,28,31,32,37)/t16-,17-/m0/s1. The van der Waals surface area contributed by atoms with Crippen LogP contribution < -0.4 is 16.4 Å². The third-order valence-electron chi connectivity index (χ3n) is 6.28. The summed E-state index contributed by atoms with van der Waals surface area (Å²) in [6, 6.07) is 3.71. The summed E-state index contributed by atoms with van der Waals surface area (Å²) >= 11 is 0. The smallest absolute Gasteiger partial charge is 0.326 e. The number of carboxylic acid groups (broad SMARTS) is 3. The number of H-pyrrole nitrogens is 1. The van der Waals surface area contributed by atoms with Crippen molar-refractivity contribution >= 4 is 46.7 Å². The van der Waals surface area contributed by atoms with Crippen LogP contribution in [0.3, 0.4) is 0 Å². The summed E-state index contributed by atoms with van der Waals surface area (Å²) in [4.78, 5) is 69.1. The molecule has 3 aromatic rings. The van der Waals surface area contributed by atoms with Crippen LogP contribution in [0.4, 0.5) is 5.95 Å². The predicted octanol–water partition coefficient (Wildman–Crippen LogP) is 0.818. The van der Waals surface area contributed by atoms with Crippen molar-refractivity contribution in [3.63, 3.8) is 0 Å². The van der Waals surface area contributed by atoms with E-state index in [9.17, 15) is 34.2 Å². The van der Waals surface area contributed by atoms with Gasteiger partial charge in [-0.1, -0.05) is 12.1 Å². The number of anilines is 1. The molecule has 218 valence electrons. The van der Waals surface area contributed by atoms with E-state index < -0.39 is 54.6 Å². The summed E-state index contributed by atoms with van der Waals surface area (Å²) in [5.41, 5.74) is 7.96. The van der Waals surface area contributed by atoms with Gasteiger partial charge in [-0.25, -0.2) is 9.59 Å². The van der Waals surface area contributed by atoms with E-state index in [1.54, 1.807) is 30.5 Å². The van der Waals surface area contributed by atoms with Crippen molar-refractivity contribution in [2.75, 3.05) is 5.73 Å². The zero-order valence-corrected chi connectivity index (χ0v) is 21.8.